The molecule has 4 heteroatoms. The number of hydrogen-bond acceptors (Lipinski definition) is 3. The van der Waals surface area contributed by atoms with Crippen molar-refractivity contribution in [3.63, 3.8) is 0 Å². The lowest BCUT2D eigenvalue weighted by atomic mass is 9.99. The molecule has 1 amide bonds. The van der Waals surface area contributed by atoms with Crippen LogP contribution < -0.4 is 15.0 Å². The first kappa shape index (κ1) is 19.3. The second-order valence-electron chi connectivity index (χ2n) is 7.31. The lowest BCUT2D eigenvalue weighted by Crippen LogP contribution is -2.29. The lowest BCUT2D eigenvalue weighted by Gasteiger charge is -2.28. The summed E-state index contributed by atoms with van der Waals surface area (Å²) in [6.45, 7) is 6.64. The van der Waals surface area contributed by atoms with Gasteiger partial charge in [0.15, 0.2) is 6.61 Å². The van der Waals surface area contributed by atoms with Crippen LogP contribution in [-0.2, 0) is 4.79 Å². The number of piperidine rings is 1. The number of anilines is 2. The summed E-state index contributed by atoms with van der Waals surface area (Å²) in [6.07, 6.45) is 4.95. The van der Waals surface area contributed by atoms with Crippen molar-refractivity contribution < 1.29 is 9.53 Å². The van der Waals surface area contributed by atoms with E-state index in [1.54, 1.807) is 0 Å². The Labute approximate surface area is 162 Å². The van der Waals surface area contributed by atoms with Crippen molar-refractivity contribution in [2.75, 3.05) is 29.9 Å². The van der Waals surface area contributed by atoms with Crippen LogP contribution in [-0.4, -0.2) is 25.6 Å². The zero-order valence-electron chi connectivity index (χ0n) is 16.4. The van der Waals surface area contributed by atoms with Gasteiger partial charge in [0.1, 0.15) is 5.75 Å². The average Bonchev–Trinajstić information content (AvgIpc) is 2.73. The van der Waals surface area contributed by atoms with Gasteiger partial charge in [0.2, 0.25) is 0 Å². The van der Waals surface area contributed by atoms with Crippen LogP contribution in [0.4, 0.5) is 11.4 Å². The van der Waals surface area contributed by atoms with Crippen LogP contribution in [0.2, 0.25) is 0 Å². The van der Waals surface area contributed by atoms with Gasteiger partial charge < -0.3 is 15.0 Å². The van der Waals surface area contributed by atoms with Crippen molar-refractivity contribution in [3.8, 4) is 5.75 Å². The van der Waals surface area contributed by atoms with Gasteiger partial charge in [-0.1, -0.05) is 26.0 Å². The standard InChI is InChI=1S/C23H30N2O2/c1-3-18(2)19-7-13-22(14-8-19)27-17-23(26)24-20-9-11-21(12-10-20)25-15-5-4-6-16-25/h7-14,18H,3-6,15-17H2,1-2H3,(H,24,26). The van der Waals surface area contributed by atoms with Gasteiger partial charge >= 0.3 is 0 Å². The molecule has 0 radical (unpaired) electrons. The molecule has 27 heavy (non-hydrogen) atoms. The fourth-order valence-corrected chi connectivity index (χ4v) is 3.38. The van der Waals surface area contributed by atoms with E-state index in [2.05, 4.69) is 48.3 Å². The number of rotatable bonds is 7. The highest BCUT2D eigenvalue weighted by Crippen LogP contribution is 2.23. The molecule has 1 heterocycles. The van der Waals surface area contributed by atoms with Crippen LogP contribution in [0.15, 0.2) is 48.5 Å². The Morgan fingerprint density at radius 3 is 2.33 bits per heavy atom. The molecule has 4 nitrogen and oxygen atoms in total. The monoisotopic (exact) mass is 366 g/mol. The largest absolute Gasteiger partial charge is 0.484 e. The SMILES string of the molecule is CCC(C)c1ccc(OCC(=O)Nc2ccc(N3CCCCC3)cc2)cc1. The smallest absolute Gasteiger partial charge is 0.262 e. The predicted octanol–water partition coefficient (Wildman–Crippen LogP) is 5.21. The molecule has 144 valence electrons. The van der Waals surface area contributed by atoms with E-state index in [-0.39, 0.29) is 12.5 Å². The molecule has 0 aromatic heterocycles. The van der Waals surface area contributed by atoms with E-state index in [4.69, 9.17) is 4.74 Å². The average molecular weight is 367 g/mol. The number of amides is 1. The summed E-state index contributed by atoms with van der Waals surface area (Å²) in [5, 5.41) is 2.90. The summed E-state index contributed by atoms with van der Waals surface area (Å²) in [7, 11) is 0. The second-order valence-corrected chi connectivity index (χ2v) is 7.31. The molecule has 3 rings (SSSR count). The molecule has 2 aromatic rings. The number of carbonyl (C=O) groups is 1. The molecule has 0 bridgehead atoms. The summed E-state index contributed by atoms with van der Waals surface area (Å²) in [6, 6.07) is 16.1. The molecule has 1 aliphatic heterocycles. The van der Waals surface area contributed by atoms with Crippen molar-refractivity contribution in [1.82, 2.24) is 0 Å². The van der Waals surface area contributed by atoms with Gasteiger partial charge in [0.25, 0.3) is 5.91 Å². The van der Waals surface area contributed by atoms with Crippen LogP contribution in [0.1, 0.15) is 51.0 Å². The maximum absolute atomic E-state index is 12.1. The summed E-state index contributed by atoms with van der Waals surface area (Å²) in [4.78, 5) is 14.6. The van der Waals surface area contributed by atoms with Crippen LogP contribution >= 0.6 is 0 Å². The topological polar surface area (TPSA) is 41.6 Å². The van der Waals surface area contributed by atoms with Crippen molar-refractivity contribution in [2.24, 2.45) is 0 Å². The van der Waals surface area contributed by atoms with Crippen molar-refractivity contribution in [2.45, 2.75) is 45.4 Å². The molecule has 1 N–H and O–H groups in total. The minimum Gasteiger partial charge on any atom is -0.484 e. The van der Waals surface area contributed by atoms with Crippen molar-refractivity contribution in [1.29, 1.82) is 0 Å². The van der Waals surface area contributed by atoms with E-state index >= 15 is 0 Å². The summed E-state index contributed by atoms with van der Waals surface area (Å²) < 4.78 is 5.61. The summed E-state index contributed by atoms with van der Waals surface area (Å²) in [5.74, 6) is 1.11. The Hall–Kier alpha value is -2.49. The zero-order chi connectivity index (χ0) is 19.1. The maximum Gasteiger partial charge on any atom is 0.262 e. The first-order chi connectivity index (χ1) is 13.2. The van der Waals surface area contributed by atoms with Gasteiger partial charge in [0, 0.05) is 24.5 Å². The zero-order valence-corrected chi connectivity index (χ0v) is 16.4. The third kappa shape index (κ3) is 5.49. The molecule has 1 unspecified atom stereocenters. The molecular formula is C23H30N2O2. The van der Waals surface area contributed by atoms with Crippen LogP contribution in [0.25, 0.3) is 0 Å². The van der Waals surface area contributed by atoms with Gasteiger partial charge in [0.05, 0.1) is 0 Å². The quantitative estimate of drug-likeness (QED) is 0.731. The maximum atomic E-state index is 12.1. The highest BCUT2D eigenvalue weighted by molar-refractivity contribution is 5.92. The molecule has 0 spiro atoms. The second kappa shape index (κ2) is 9.45. The summed E-state index contributed by atoms with van der Waals surface area (Å²) >= 11 is 0. The Morgan fingerprint density at radius 2 is 1.70 bits per heavy atom. The van der Waals surface area contributed by atoms with E-state index in [0.717, 1.165) is 30.9 Å². The molecule has 1 saturated heterocycles. The Balaban J connectivity index is 1.47. The predicted molar refractivity (Wildman–Crippen MR) is 112 cm³/mol. The van der Waals surface area contributed by atoms with E-state index in [1.165, 1.54) is 30.5 Å². The van der Waals surface area contributed by atoms with Gasteiger partial charge in [-0.25, -0.2) is 0 Å². The third-order valence-electron chi connectivity index (χ3n) is 5.30. The van der Waals surface area contributed by atoms with Gasteiger partial charge in [-0.3, -0.25) is 4.79 Å². The molecule has 0 aliphatic carbocycles. The third-order valence-corrected chi connectivity index (χ3v) is 5.30. The number of hydrogen-bond donors (Lipinski definition) is 1. The minimum absolute atomic E-state index is 0.0105. The molecule has 1 fully saturated rings. The van der Waals surface area contributed by atoms with Crippen molar-refractivity contribution in [3.05, 3.63) is 54.1 Å². The Bertz CT molecular complexity index is 719. The van der Waals surface area contributed by atoms with Gasteiger partial charge in [-0.15, -0.1) is 0 Å². The van der Waals surface area contributed by atoms with Crippen LogP contribution in [0, 0.1) is 0 Å². The minimum atomic E-state index is -0.147. The molecular weight excluding hydrogens is 336 g/mol. The molecule has 2 aromatic carbocycles. The van der Waals surface area contributed by atoms with E-state index in [9.17, 15) is 4.79 Å². The number of nitrogens with one attached hydrogen (secondary N) is 1. The molecule has 0 saturated carbocycles. The number of benzene rings is 2. The summed E-state index contributed by atoms with van der Waals surface area (Å²) in [5.41, 5.74) is 3.32. The van der Waals surface area contributed by atoms with Crippen LogP contribution in [0.5, 0.6) is 5.75 Å². The first-order valence-corrected chi connectivity index (χ1v) is 10.0. The Morgan fingerprint density at radius 1 is 1.04 bits per heavy atom. The lowest BCUT2D eigenvalue weighted by molar-refractivity contribution is -0.118. The first-order valence-electron chi connectivity index (χ1n) is 10.0. The van der Waals surface area contributed by atoms with Gasteiger partial charge in [-0.2, -0.15) is 0 Å². The number of ether oxygens (including phenoxy) is 1. The number of carbonyl (C=O) groups excluding carboxylic acids is 1. The van der Waals surface area contributed by atoms with E-state index < -0.39 is 0 Å². The van der Waals surface area contributed by atoms with Crippen LogP contribution in [0.3, 0.4) is 0 Å². The highest BCUT2D eigenvalue weighted by Gasteiger charge is 2.11. The molecule has 1 aliphatic rings. The van der Waals surface area contributed by atoms with Gasteiger partial charge in [-0.05, 0) is 73.6 Å². The normalized spacial score (nSPS) is 15.3. The van der Waals surface area contributed by atoms with E-state index in [0.29, 0.717) is 5.92 Å². The fourth-order valence-electron chi connectivity index (χ4n) is 3.38. The number of nitrogens with zero attached hydrogens (tertiary/aromatic N) is 1. The fraction of sp³-hybridized carbons (Fsp3) is 0.435. The Kier molecular flexibility index (Phi) is 6.74. The van der Waals surface area contributed by atoms with Crippen molar-refractivity contribution >= 4 is 17.3 Å². The molecule has 1 atom stereocenters. The van der Waals surface area contributed by atoms with E-state index in [1.807, 2.05) is 24.3 Å². The highest BCUT2D eigenvalue weighted by atomic mass is 16.5.